The van der Waals surface area contributed by atoms with E-state index in [1.54, 1.807) is 0 Å². The molecule has 3 atom stereocenters. The summed E-state index contributed by atoms with van der Waals surface area (Å²) in [4.78, 5) is 12.7. The average Bonchev–Trinajstić information content (AvgIpc) is 2.77. The maximum Gasteiger partial charge on any atom is 0.292 e. The molecule has 1 aromatic heterocycles. The maximum atomic E-state index is 12.7. The van der Waals surface area contributed by atoms with Gasteiger partial charge in [0.1, 0.15) is 5.75 Å². The predicted molar refractivity (Wildman–Crippen MR) is 123 cm³/mol. The SMILES string of the molecule is CCC(C)/C=C/C=C/C=C1\CO[C@@H](c2c(O)c(-c3ccccc3)cn(O)c2=O)[C@H](C)C1. The Morgan fingerprint density at radius 1 is 1.23 bits per heavy atom. The standard InChI is InChI=1S/C26H31NO4/c1-4-18(2)11-7-5-8-12-20-15-19(3)25(31-17-20)23-24(28)22(16-27(30)26(23)29)21-13-9-6-10-14-21/h5-14,16,18-19,25,28,30H,4,15,17H2,1-3H3/b8-5+,11-7+,20-12-/t18?,19-,25-/m1/s1. The largest absolute Gasteiger partial charge is 0.507 e. The van der Waals surface area contributed by atoms with Crippen molar-refractivity contribution in [3.05, 3.63) is 88.4 Å². The molecular formula is C26H31NO4. The van der Waals surface area contributed by atoms with Gasteiger partial charge in [-0.3, -0.25) is 4.79 Å². The Hall–Kier alpha value is -3.05. The lowest BCUT2D eigenvalue weighted by molar-refractivity contribution is 0.000711. The topological polar surface area (TPSA) is 71.7 Å². The number of ether oxygens (including phenoxy) is 1. The Labute approximate surface area is 183 Å². The zero-order valence-corrected chi connectivity index (χ0v) is 18.4. The third-order valence-corrected chi connectivity index (χ3v) is 5.76. The normalized spacial score (nSPS) is 21.8. The molecule has 0 saturated carbocycles. The second-order valence-electron chi connectivity index (χ2n) is 8.21. The van der Waals surface area contributed by atoms with Crippen LogP contribution in [0.4, 0.5) is 0 Å². The van der Waals surface area contributed by atoms with E-state index in [4.69, 9.17) is 4.74 Å². The van der Waals surface area contributed by atoms with E-state index in [9.17, 15) is 15.1 Å². The van der Waals surface area contributed by atoms with Gasteiger partial charge in [0.25, 0.3) is 5.56 Å². The Morgan fingerprint density at radius 3 is 2.65 bits per heavy atom. The molecule has 0 spiro atoms. The van der Waals surface area contributed by atoms with Crippen LogP contribution in [0.3, 0.4) is 0 Å². The molecule has 1 unspecified atom stereocenters. The molecule has 1 saturated heterocycles. The number of hydrogen-bond donors (Lipinski definition) is 2. The molecule has 0 radical (unpaired) electrons. The van der Waals surface area contributed by atoms with Crippen molar-refractivity contribution in [2.24, 2.45) is 11.8 Å². The van der Waals surface area contributed by atoms with Crippen LogP contribution in [0.2, 0.25) is 0 Å². The van der Waals surface area contributed by atoms with Gasteiger partial charge in [0, 0.05) is 5.56 Å². The number of allylic oxidation sites excluding steroid dienone is 5. The number of pyridine rings is 1. The van der Waals surface area contributed by atoms with E-state index < -0.39 is 11.7 Å². The fraction of sp³-hybridized carbons (Fsp3) is 0.346. The van der Waals surface area contributed by atoms with Crippen molar-refractivity contribution >= 4 is 0 Å². The molecule has 1 fully saturated rings. The highest BCUT2D eigenvalue weighted by Gasteiger charge is 2.32. The number of benzene rings is 1. The first-order valence-corrected chi connectivity index (χ1v) is 10.8. The Morgan fingerprint density at radius 2 is 1.97 bits per heavy atom. The highest BCUT2D eigenvalue weighted by atomic mass is 16.5. The van der Waals surface area contributed by atoms with Gasteiger partial charge in [0.2, 0.25) is 0 Å². The summed E-state index contributed by atoms with van der Waals surface area (Å²) < 4.78 is 6.54. The first kappa shape index (κ1) is 22.6. The number of aromatic nitrogens is 1. The van der Waals surface area contributed by atoms with Crippen molar-refractivity contribution < 1.29 is 15.1 Å². The summed E-state index contributed by atoms with van der Waals surface area (Å²) in [6.45, 7) is 6.70. The monoisotopic (exact) mass is 421 g/mol. The molecule has 3 rings (SSSR count). The van der Waals surface area contributed by atoms with E-state index in [-0.39, 0.29) is 17.2 Å². The molecule has 2 aromatic rings. The van der Waals surface area contributed by atoms with Gasteiger partial charge in [0.15, 0.2) is 0 Å². The van der Waals surface area contributed by atoms with Crippen molar-refractivity contribution in [3.63, 3.8) is 0 Å². The molecule has 0 aliphatic carbocycles. The molecule has 2 heterocycles. The van der Waals surface area contributed by atoms with Crippen molar-refractivity contribution in [1.82, 2.24) is 4.73 Å². The molecule has 1 aliphatic heterocycles. The lowest BCUT2D eigenvalue weighted by atomic mass is 9.87. The van der Waals surface area contributed by atoms with Crippen LogP contribution in [0.15, 0.2) is 77.3 Å². The first-order valence-electron chi connectivity index (χ1n) is 10.8. The molecule has 1 aromatic carbocycles. The highest BCUT2D eigenvalue weighted by Crippen LogP contribution is 2.40. The van der Waals surface area contributed by atoms with Gasteiger partial charge in [-0.25, -0.2) is 0 Å². The molecule has 0 bridgehead atoms. The minimum atomic E-state index is -0.656. The number of aromatic hydroxyl groups is 1. The zero-order chi connectivity index (χ0) is 22.4. The zero-order valence-electron chi connectivity index (χ0n) is 18.4. The predicted octanol–water partition coefficient (Wildman–Crippen LogP) is 5.64. The summed E-state index contributed by atoms with van der Waals surface area (Å²) >= 11 is 0. The summed E-state index contributed by atoms with van der Waals surface area (Å²) in [5.41, 5.74) is 1.67. The van der Waals surface area contributed by atoms with Crippen LogP contribution < -0.4 is 5.56 Å². The molecule has 1 aliphatic rings. The number of hydrogen-bond acceptors (Lipinski definition) is 4. The Kier molecular flexibility index (Phi) is 7.53. The van der Waals surface area contributed by atoms with Gasteiger partial charge in [-0.05, 0) is 29.4 Å². The van der Waals surface area contributed by atoms with E-state index in [0.29, 0.717) is 28.4 Å². The molecule has 2 N–H and O–H groups in total. The van der Waals surface area contributed by atoms with Gasteiger partial charge >= 0.3 is 0 Å². The van der Waals surface area contributed by atoms with E-state index in [1.807, 2.05) is 55.5 Å². The van der Waals surface area contributed by atoms with Gasteiger partial charge in [-0.15, -0.1) is 0 Å². The van der Waals surface area contributed by atoms with E-state index in [2.05, 4.69) is 26.0 Å². The van der Waals surface area contributed by atoms with E-state index in [0.717, 1.165) is 18.4 Å². The van der Waals surface area contributed by atoms with Crippen LogP contribution in [-0.2, 0) is 4.74 Å². The van der Waals surface area contributed by atoms with Crippen LogP contribution in [0.25, 0.3) is 11.1 Å². The van der Waals surface area contributed by atoms with Gasteiger partial charge in [-0.2, -0.15) is 4.73 Å². The summed E-state index contributed by atoms with van der Waals surface area (Å²) in [5, 5.41) is 21.1. The molecular weight excluding hydrogens is 390 g/mol. The van der Waals surface area contributed by atoms with E-state index in [1.165, 1.54) is 6.20 Å². The fourth-order valence-corrected chi connectivity index (χ4v) is 3.77. The van der Waals surface area contributed by atoms with E-state index >= 15 is 0 Å². The van der Waals surface area contributed by atoms with Gasteiger partial charge < -0.3 is 15.1 Å². The number of rotatable bonds is 6. The van der Waals surface area contributed by atoms with Crippen molar-refractivity contribution in [2.75, 3.05) is 6.61 Å². The molecule has 31 heavy (non-hydrogen) atoms. The lowest BCUT2D eigenvalue weighted by Crippen LogP contribution is -2.31. The Bertz CT molecular complexity index is 1030. The smallest absolute Gasteiger partial charge is 0.292 e. The first-order chi connectivity index (χ1) is 14.9. The lowest BCUT2D eigenvalue weighted by Gasteiger charge is -2.31. The van der Waals surface area contributed by atoms with Crippen molar-refractivity contribution in [1.29, 1.82) is 0 Å². The van der Waals surface area contributed by atoms with Crippen LogP contribution in [0.1, 0.15) is 45.3 Å². The van der Waals surface area contributed by atoms with Crippen LogP contribution in [0, 0.1) is 11.8 Å². The summed E-state index contributed by atoms with van der Waals surface area (Å²) in [6, 6.07) is 9.17. The second-order valence-corrected chi connectivity index (χ2v) is 8.21. The fourth-order valence-electron chi connectivity index (χ4n) is 3.77. The quantitative estimate of drug-likeness (QED) is 0.468. The van der Waals surface area contributed by atoms with Crippen LogP contribution in [-0.4, -0.2) is 21.7 Å². The molecule has 5 heteroatoms. The summed E-state index contributed by atoms with van der Waals surface area (Å²) in [5.74, 6) is 0.389. The molecule has 0 amide bonds. The summed E-state index contributed by atoms with van der Waals surface area (Å²) in [6.07, 6.45) is 12.8. The van der Waals surface area contributed by atoms with Crippen molar-refractivity contribution in [3.8, 4) is 16.9 Å². The minimum absolute atomic E-state index is 0.0336. The second kappa shape index (κ2) is 10.3. The molecule has 164 valence electrons. The van der Waals surface area contributed by atoms with Gasteiger partial charge in [0.05, 0.1) is 24.5 Å². The summed E-state index contributed by atoms with van der Waals surface area (Å²) in [7, 11) is 0. The van der Waals surface area contributed by atoms with Crippen LogP contribution >= 0.6 is 0 Å². The third kappa shape index (κ3) is 5.36. The maximum absolute atomic E-state index is 12.7. The van der Waals surface area contributed by atoms with Crippen molar-refractivity contribution in [2.45, 2.75) is 39.7 Å². The Balaban J connectivity index is 1.81. The highest BCUT2D eigenvalue weighted by molar-refractivity contribution is 5.70. The minimum Gasteiger partial charge on any atom is -0.507 e. The third-order valence-electron chi connectivity index (χ3n) is 5.76. The number of nitrogens with zero attached hydrogens (tertiary/aromatic N) is 1. The van der Waals surface area contributed by atoms with Crippen LogP contribution in [0.5, 0.6) is 5.75 Å². The molecule has 5 nitrogen and oxygen atoms in total. The van der Waals surface area contributed by atoms with Gasteiger partial charge in [-0.1, -0.05) is 87.9 Å². The average molecular weight is 422 g/mol.